The van der Waals surface area contributed by atoms with E-state index >= 15 is 0 Å². The highest BCUT2D eigenvalue weighted by molar-refractivity contribution is 14.1. The molecule has 2 rings (SSSR count). The predicted octanol–water partition coefficient (Wildman–Crippen LogP) is 2.38. The van der Waals surface area contributed by atoms with Gasteiger partial charge >= 0.3 is 0 Å². The lowest BCUT2D eigenvalue weighted by atomic mass is 10.1. The summed E-state index contributed by atoms with van der Waals surface area (Å²) in [7, 11) is 0. The molecule has 0 radical (unpaired) electrons. The molecule has 1 aliphatic heterocycles. The van der Waals surface area contributed by atoms with Crippen molar-refractivity contribution in [2.24, 2.45) is 0 Å². The summed E-state index contributed by atoms with van der Waals surface area (Å²) in [6.45, 7) is 4.51. The van der Waals surface area contributed by atoms with Crippen molar-refractivity contribution in [1.29, 1.82) is 0 Å². The molecular formula is C12H14ClIN2O. The number of hydrogen-bond donors (Lipinski definition) is 1. The Morgan fingerprint density at radius 2 is 2.29 bits per heavy atom. The van der Waals surface area contributed by atoms with Crippen LogP contribution < -0.4 is 5.32 Å². The molecule has 1 aromatic carbocycles. The first-order valence-corrected chi connectivity index (χ1v) is 7.06. The summed E-state index contributed by atoms with van der Waals surface area (Å²) in [6, 6.07) is 5.79. The fourth-order valence-corrected chi connectivity index (χ4v) is 2.37. The van der Waals surface area contributed by atoms with Gasteiger partial charge in [0, 0.05) is 28.8 Å². The van der Waals surface area contributed by atoms with Crippen LogP contribution in [0.1, 0.15) is 17.3 Å². The molecule has 1 heterocycles. The maximum absolute atomic E-state index is 12.3. The smallest absolute Gasteiger partial charge is 0.254 e. The molecule has 0 unspecified atom stereocenters. The van der Waals surface area contributed by atoms with Gasteiger partial charge in [0.05, 0.1) is 11.1 Å². The molecule has 0 aromatic heterocycles. The second kappa shape index (κ2) is 5.54. The highest BCUT2D eigenvalue weighted by Crippen LogP contribution is 2.21. The zero-order chi connectivity index (χ0) is 12.4. The van der Waals surface area contributed by atoms with Crippen molar-refractivity contribution < 1.29 is 4.79 Å². The fraction of sp³-hybridized carbons (Fsp3) is 0.417. The number of halogens is 2. The Morgan fingerprint density at radius 1 is 1.59 bits per heavy atom. The first kappa shape index (κ1) is 13.1. The predicted molar refractivity (Wildman–Crippen MR) is 77.5 cm³/mol. The number of carbonyl (C=O) groups is 1. The van der Waals surface area contributed by atoms with Crippen molar-refractivity contribution in [2.75, 3.05) is 19.6 Å². The van der Waals surface area contributed by atoms with Crippen LogP contribution in [0.25, 0.3) is 0 Å². The van der Waals surface area contributed by atoms with E-state index in [2.05, 4.69) is 27.9 Å². The molecule has 0 bridgehead atoms. The number of amides is 1. The van der Waals surface area contributed by atoms with Crippen LogP contribution in [0.2, 0.25) is 5.02 Å². The second-order valence-electron chi connectivity index (χ2n) is 4.03. The van der Waals surface area contributed by atoms with E-state index in [1.807, 2.05) is 24.0 Å². The van der Waals surface area contributed by atoms with E-state index in [4.69, 9.17) is 11.6 Å². The van der Waals surface area contributed by atoms with Gasteiger partial charge in [0.15, 0.2) is 0 Å². The van der Waals surface area contributed by atoms with E-state index in [1.165, 1.54) is 0 Å². The summed E-state index contributed by atoms with van der Waals surface area (Å²) in [5, 5.41) is 3.82. The van der Waals surface area contributed by atoms with Gasteiger partial charge in [0.25, 0.3) is 5.91 Å². The average Bonchev–Trinajstić information content (AvgIpc) is 2.26. The summed E-state index contributed by atoms with van der Waals surface area (Å²) in [4.78, 5) is 14.2. The molecule has 1 saturated heterocycles. The molecule has 0 aliphatic carbocycles. The summed E-state index contributed by atoms with van der Waals surface area (Å²) in [5.74, 6) is 0.0669. The summed E-state index contributed by atoms with van der Waals surface area (Å²) < 4.78 is 0.967. The van der Waals surface area contributed by atoms with Crippen LogP contribution in [-0.2, 0) is 0 Å². The van der Waals surface area contributed by atoms with Crippen molar-refractivity contribution in [2.45, 2.75) is 13.0 Å². The normalized spacial score (nSPS) is 15.5. The van der Waals surface area contributed by atoms with Crippen LogP contribution in [0, 0.1) is 3.57 Å². The van der Waals surface area contributed by atoms with Crippen molar-refractivity contribution in [3.63, 3.8) is 0 Å². The third kappa shape index (κ3) is 2.74. The number of benzene rings is 1. The average molecular weight is 365 g/mol. The van der Waals surface area contributed by atoms with Crippen LogP contribution in [0.5, 0.6) is 0 Å². The molecular weight excluding hydrogens is 351 g/mol. The first-order valence-electron chi connectivity index (χ1n) is 5.60. The first-order chi connectivity index (χ1) is 8.13. The van der Waals surface area contributed by atoms with Crippen LogP contribution in [-0.4, -0.2) is 36.5 Å². The molecule has 1 fully saturated rings. The van der Waals surface area contributed by atoms with Crippen LogP contribution in [0.4, 0.5) is 0 Å². The van der Waals surface area contributed by atoms with Gasteiger partial charge in [-0.05, 0) is 47.7 Å². The highest BCUT2D eigenvalue weighted by Gasteiger charge is 2.27. The Labute approximate surface area is 120 Å². The minimum atomic E-state index is 0.0669. The number of nitrogens with zero attached hydrogens (tertiary/aromatic N) is 1. The standard InChI is InChI=1S/C12H14ClIN2O/c1-2-16(9-6-15-7-9)12(17)8-3-4-11(14)10(13)5-8/h3-5,9,15H,2,6-7H2,1H3. The van der Waals surface area contributed by atoms with Gasteiger partial charge in [-0.1, -0.05) is 11.6 Å². The molecule has 3 nitrogen and oxygen atoms in total. The zero-order valence-electron chi connectivity index (χ0n) is 9.54. The van der Waals surface area contributed by atoms with Gasteiger partial charge in [-0.2, -0.15) is 0 Å². The number of nitrogens with one attached hydrogen (secondary N) is 1. The Hall–Kier alpha value is -0.330. The Bertz CT molecular complexity index is 435. The third-order valence-corrected chi connectivity index (χ3v) is 4.54. The Morgan fingerprint density at radius 3 is 2.76 bits per heavy atom. The number of likely N-dealkylation sites (N-methyl/N-ethyl adjacent to an activating group) is 1. The molecule has 0 spiro atoms. The molecule has 0 atom stereocenters. The van der Waals surface area contributed by atoms with Crippen molar-refractivity contribution in [3.05, 3.63) is 32.4 Å². The topological polar surface area (TPSA) is 32.3 Å². The summed E-state index contributed by atoms with van der Waals surface area (Å²) >= 11 is 8.20. The fourth-order valence-electron chi connectivity index (χ4n) is 1.86. The summed E-state index contributed by atoms with van der Waals surface area (Å²) in [6.07, 6.45) is 0. The molecule has 5 heteroatoms. The number of hydrogen-bond acceptors (Lipinski definition) is 2. The van der Waals surface area contributed by atoms with Gasteiger partial charge in [-0.15, -0.1) is 0 Å². The summed E-state index contributed by atoms with van der Waals surface area (Å²) in [5.41, 5.74) is 0.671. The Balaban J connectivity index is 2.19. The lowest BCUT2D eigenvalue weighted by Gasteiger charge is -2.37. The monoisotopic (exact) mass is 364 g/mol. The van der Waals surface area contributed by atoms with Crippen LogP contribution in [0.15, 0.2) is 18.2 Å². The minimum absolute atomic E-state index is 0.0669. The van der Waals surface area contributed by atoms with E-state index in [1.54, 1.807) is 6.07 Å². The van der Waals surface area contributed by atoms with Gasteiger partial charge in [-0.3, -0.25) is 4.79 Å². The van der Waals surface area contributed by atoms with Gasteiger partial charge < -0.3 is 10.2 Å². The molecule has 1 N–H and O–H groups in total. The largest absolute Gasteiger partial charge is 0.333 e. The SMILES string of the molecule is CCN(C(=O)c1ccc(I)c(Cl)c1)C1CNC1. The molecule has 1 aliphatic rings. The van der Waals surface area contributed by atoms with E-state index in [0.29, 0.717) is 16.6 Å². The van der Waals surface area contributed by atoms with Gasteiger partial charge in [0.1, 0.15) is 0 Å². The minimum Gasteiger partial charge on any atom is -0.333 e. The van der Waals surface area contributed by atoms with Gasteiger partial charge in [0.2, 0.25) is 0 Å². The lowest BCUT2D eigenvalue weighted by molar-refractivity contribution is 0.0630. The lowest BCUT2D eigenvalue weighted by Crippen LogP contribution is -2.58. The van der Waals surface area contributed by atoms with Crippen molar-refractivity contribution in [1.82, 2.24) is 10.2 Å². The van der Waals surface area contributed by atoms with Crippen molar-refractivity contribution >= 4 is 40.1 Å². The molecule has 92 valence electrons. The third-order valence-electron chi connectivity index (χ3n) is 2.97. The number of rotatable bonds is 3. The molecule has 1 amide bonds. The number of carbonyl (C=O) groups excluding carboxylic acids is 1. The molecule has 1 aromatic rings. The Kier molecular flexibility index (Phi) is 4.27. The second-order valence-corrected chi connectivity index (χ2v) is 5.60. The quantitative estimate of drug-likeness (QED) is 0.835. The maximum atomic E-state index is 12.3. The molecule has 17 heavy (non-hydrogen) atoms. The maximum Gasteiger partial charge on any atom is 0.254 e. The van der Waals surface area contributed by atoms with Crippen LogP contribution in [0.3, 0.4) is 0 Å². The highest BCUT2D eigenvalue weighted by atomic mass is 127. The molecule has 0 saturated carbocycles. The zero-order valence-corrected chi connectivity index (χ0v) is 12.5. The van der Waals surface area contributed by atoms with Crippen molar-refractivity contribution in [3.8, 4) is 0 Å². The van der Waals surface area contributed by atoms with Gasteiger partial charge in [-0.25, -0.2) is 0 Å². The van der Waals surface area contributed by atoms with E-state index in [-0.39, 0.29) is 5.91 Å². The van der Waals surface area contributed by atoms with Crippen LogP contribution >= 0.6 is 34.2 Å². The van der Waals surface area contributed by atoms with E-state index < -0.39 is 0 Å². The van der Waals surface area contributed by atoms with E-state index in [0.717, 1.165) is 23.2 Å². The van der Waals surface area contributed by atoms with E-state index in [9.17, 15) is 4.79 Å².